The highest BCUT2D eigenvalue weighted by Gasteiger charge is 2.18. The van der Waals surface area contributed by atoms with E-state index >= 15 is 0 Å². The maximum Gasteiger partial charge on any atom is 0.224 e. The molecule has 1 aromatic carbocycles. The van der Waals surface area contributed by atoms with Crippen molar-refractivity contribution in [2.75, 3.05) is 31.1 Å². The van der Waals surface area contributed by atoms with Gasteiger partial charge in [-0.15, -0.1) is 0 Å². The first-order valence-corrected chi connectivity index (χ1v) is 9.79. The minimum atomic E-state index is 0.0897. The van der Waals surface area contributed by atoms with E-state index in [1.807, 2.05) is 20.0 Å². The van der Waals surface area contributed by atoms with E-state index in [2.05, 4.69) is 47.7 Å². The van der Waals surface area contributed by atoms with E-state index in [9.17, 15) is 0 Å². The number of piperazine rings is 1. The summed E-state index contributed by atoms with van der Waals surface area (Å²) in [6.45, 7) is 9.14. The van der Waals surface area contributed by atoms with Crippen molar-refractivity contribution >= 4 is 28.1 Å². The molecule has 3 heterocycles. The predicted molar refractivity (Wildman–Crippen MR) is 105 cm³/mol. The van der Waals surface area contributed by atoms with Crippen molar-refractivity contribution in [3.8, 4) is 5.88 Å². The van der Waals surface area contributed by atoms with Crippen LogP contribution < -0.4 is 9.64 Å². The third kappa shape index (κ3) is 3.78. The normalized spacial score (nSPS) is 15.7. The first-order valence-electron chi connectivity index (χ1n) is 8.96. The molecule has 0 saturated carbocycles. The molecule has 0 spiro atoms. The maximum absolute atomic E-state index is 5.86. The summed E-state index contributed by atoms with van der Waals surface area (Å²) in [6, 6.07) is 6.36. The molecule has 6 nitrogen and oxygen atoms in total. The fourth-order valence-corrected chi connectivity index (χ4v) is 3.79. The molecule has 0 N–H and O–H groups in total. The Morgan fingerprint density at radius 3 is 2.73 bits per heavy atom. The van der Waals surface area contributed by atoms with Gasteiger partial charge in [0.15, 0.2) is 0 Å². The van der Waals surface area contributed by atoms with Gasteiger partial charge in [0.05, 0.1) is 17.0 Å². The van der Waals surface area contributed by atoms with Crippen molar-refractivity contribution in [2.24, 2.45) is 0 Å². The summed E-state index contributed by atoms with van der Waals surface area (Å²) in [7, 11) is 0. The van der Waals surface area contributed by atoms with Crippen LogP contribution in [0.4, 0.5) is 5.69 Å². The molecule has 4 rings (SSSR count). The average Bonchev–Trinajstić information content (AvgIpc) is 3.15. The van der Waals surface area contributed by atoms with Gasteiger partial charge in [0.1, 0.15) is 6.33 Å². The molecule has 136 valence electrons. The van der Waals surface area contributed by atoms with E-state index in [1.54, 1.807) is 6.33 Å². The molecule has 3 aromatic rings. The molecule has 1 aliphatic rings. The van der Waals surface area contributed by atoms with E-state index in [0.29, 0.717) is 5.88 Å². The summed E-state index contributed by atoms with van der Waals surface area (Å²) in [5.41, 5.74) is 3.43. The first kappa shape index (κ1) is 17.2. The number of ether oxygens (including phenoxy) is 1. The smallest absolute Gasteiger partial charge is 0.224 e. The van der Waals surface area contributed by atoms with Crippen LogP contribution in [0.2, 0.25) is 0 Å². The van der Waals surface area contributed by atoms with Gasteiger partial charge in [0.2, 0.25) is 5.88 Å². The topological polar surface area (TPSA) is 54.4 Å². The molecule has 0 unspecified atom stereocenters. The number of rotatable bonds is 5. The fourth-order valence-electron chi connectivity index (χ4n) is 3.26. The highest BCUT2D eigenvalue weighted by Crippen LogP contribution is 2.28. The van der Waals surface area contributed by atoms with Crippen molar-refractivity contribution in [3.05, 3.63) is 41.7 Å². The molecule has 0 radical (unpaired) electrons. The Labute approximate surface area is 157 Å². The number of nitrogens with zero attached hydrogens (tertiary/aromatic N) is 5. The Morgan fingerprint density at radius 1 is 1.15 bits per heavy atom. The molecule has 0 bridgehead atoms. The lowest BCUT2D eigenvalue weighted by atomic mass is 10.1. The van der Waals surface area contributed by atoms with Gasteiger partial charge in [-0.25, -0.2) is 14.3 Å². The molecule has 2 aromatic heterocycles. The minimum Gasteiger partial charge on any atom is -0.474 e. The standard InChI is InChI=1S/C19H23N5OS/c1-14(2)25-19-17-9-16(3-4-18(17)20-13-21-19)24-7-5-23(6-8-24)11-15-10-22-26-12-15/h3-4,9-10,12-14H,5-8,11H2,1-2H3. The summed E-state index contributed by atoms with van der Waals surface area (Å²) in [5.74, 6) is 0.662. The van der Waals surface area contributed by atoms with Crippen LogP contribution in [0.1, 0.15) is 19.4 Å². The van der Waals surface area contributed by atoms with Crippen molar-refractivity contribution in [2.45, 2.75) is 26.5 Å². The van der Waals surface area contributed by atoms with Gasteiger partial charge in [0, 0.05) is 50.0 Å². The quantitative estimate of drug-likeness (QED) is 0.688. The summed E-state index contributed by atoms with van der Waals surface area (Å²) in [6.07, 6.45) is 3.63. The zero-order valence-electron chi connectivity index (χ0n) is 15.1. The molecule has 1 aliphatic heterocycles. The molecular formula is C19H23N5OS. The summed E-state index contributed by atoms with van der Waals surface area (Å²) < 4.78 is 10.1. The van der Waals surface area contributed by atoms with Gasteiger partial charge >= 0.3 is 0 Å². The Morgan fingerprint density at radius 2 is 2.00 bits per heavy atom. The second-order valence-corrected chi connectivity index (χ2v) is 7.50. The summed E-state index contributed by atoms with van der Waals surface area (Å²) in [4.78, 5) is 13.6. The van der Waals surface area contributed by atoms with Gasteiger partial charge in [-0.3, -0.25) is 4.90 Å². The number of benzene rings is 1. The molecule has 0 aliphatic carbocycles. The monoisotopic (exact) mass is 369 g/mol. The summed E-state index contributed by atoms with van der Waals surface area (Å²) >= 11 is 1.52. The number of hydrogen-bond donors (Lipinski definition) is 0. The molecule has 26 heavy (non-hydrogen) atoms. The van der Waals surface area contributed by atoms with Crippen molar-refractivity contribution in [1.29, 1.82) is 0 Å². The van der Waals surface area contributed by atoms with E-state index in [0.717, 1.165) is 43.6 Å². The van der Waals surface area contributed by atoms with Gasteiger partial charge in [-0.2, -0.15) is 0 Å². The maximum atomic E-state index is 5.86. The van der Waals surface area contributed by atoms with E-state index in [-0.39, 0.29) is 6.10 Å². The number of hydrogen-bond acceptors (Lipinski definition) is 7. The number of aromatic nitrogens is 3. The molecule has 1 saturated heterocycles. The van der Waals surface area contributed by atoms with Crippen LogP contribution in [0.3, 0.4) is 0 Å². The van der Waals surface area contributed by atoms with E-state index in [1.165, 1.54) is 22.8 Å². The highest BCUT2D eigenvalue weighted by molar-refractivity contribution is 7.03. The second kappa shape index (κ2) is 7.55. The lowest BCUT2D eigenvalue weighted by molar-refractivity contribution is 0.235. The van der Waals surface area contributed by atoms with Gasteiger partial charge in [0.25, 0.3) is 0 Å². The van der Waals surface area contributed by atoms with Gasteiger partial charge < -0.3 is 9.64 Å². The number of anilines is 1. The van der Waals surface area contributed by atoms with E-state index in [4.69, 9.17) is 4.74 Å². The average molecular weight is 369 g/mol. The molecule has 1 fully saturated rings. The SMILES string of the molecule is CC(C)Oc1ncnc2ccc(N3CCN(Cc4cnsc4)CC3)cc12. The Hall–Kier alpha value is -2.25. The Bertz CT molecular complexity index is 860. The lowest BCUT2D eigenvalue weighted by Crippen LogP contribution is -2.45. The highest BCUT2D eigenvalue weighted by atomic mass is 32.1. The van der Waals surface area contributed by atoms with E-state index < -0.39 is 0 Å². The van der Waals surface area contributed by atoms with Crippen LogP contribution in [0.25, 0.3) is 10.9 Å². The van der Waals surface area contributed by atoms with Crippen LogP contribution in [0.15, 0.2) is 36.1 Å². The van der Waals surface area contributed by atoms with Crippen LogP contribution in [0, 0.1) is 0 Å². The van der Waals surface area contributed by atoms with Crippen molar-refractivity contribution < 1.29 is 4.74 Å². The largest absolute Gasteiger partial charge is 0.474 e. The first-order chi connectivity index (χ1) is 12.7. The minimum absolute atomic E-state index is 0.0897. The van der Waals surface area contributed by atoms with Gasteiger partial charge in [-0.05, 0) is 49.1 Å². The Balaban J connectivity index is 1.48. The predicted octanol–water partition coefficient (Wildman–Crippen LogP) is 3.20. The Kier molecular flexibility index (Phi) is 4.99. The molecular weight excluding hydrogens is 346 g/mol. The lowest BCUT2D eigenvalue weighted by Gasteiger charge is -2.36. The number of fused-ring (bicyclic) bond motifs is 1. The summed E-state index contributed by atoms with van der Waals surface area (Å²) in [5, 5.41) is 3.11. The van der Waals surface area contributed by atoms with Crippen molar-refractivity contribution in [1.82, 2.24) is 19.2 Å². The zero-order chi connectivity index (χ0) is 17.9. The molecule has 0 amide bonds. The third-order valence-corrected chi connectivity index (χ3v) is 5.19. The van der Waals surface area contributed by atoms with Crippen LogP contribution >= 0.6 is 11.5 Å². The van der Waals surface area contributed by atoms with Gasteiger partial charge in [-0.1, -0.05) is 0 Å². The molecule has 0 atom stereocenters. The van der Waals surface area contributed by atoms with Crippen LogP contribution in [-0.4, -0.2) is 51.5 Å². The molecule has 7 heteroatoms. The van der Waals surface area contributed by atoms with Crippen LogP contribution in [0.5, 0.6) is 5.88 Å². The van der Waals surface area contributed by atoms with Crippen LogP contribution in [-0.2, 0) is 6.54 Å². The van der Waals surface area contributed by atoms with Crippen molar-refractivity contribution in [3.63, 3.8) is 0 Å². The fraction of sp³-hybridized carbons (Fsp3) is 0.421. The third-order valence-electron chi connectivity index (χ3n) is 4.56. The zero-order valence-corrected chi connectivity index (χ0v) is 15.9. The second-order valence-electron chi connectivity index (χ2n) is 6.84.